The molecule has 0 N–H and O–H groups in total. The molecule has 0 radical (unpaired) electrons. The van der Waals surface area contributed by atoms with Crippen molar-refractivity contribution >= 4 is 5.57 Å². The Morgan fingerprint density at radius 2 is 1.67 bits per heavy atom. The van der Waals surface area contributed by atoms with Gasteiger partial charge in [-0.3, -0.25) is 4.90 Å². The van der Waals surface area contributed by atoms with Gasteiger partial charge in [-0.15, -0.1) is 0 Å². The van der Waals surface area contributed by atoms with Crippen molar-refractivity contribution in [1.82, 2.24) is 4.90 Å². The van der Waals surface area contributed by atoms with Crippen molar-refractivity contribution in [1.29, 1.82) is 0 Å². The van der Waals surface area contributed by atoms with Gasteiger partial charge in [0, 0.05) is 19.1 Å². The molecule has 2 aromatic rings. The van der Waals surface area contributed by atoms with Gasteiger partial charge in [0.05, 0.1) is 5.56 Å². The van der Waals surface area contributed by atoms with Crippen LogP contribution in [0.1, 0.15) is 30.0 Å². The molecular weight excluding hydrogens is 311 g/mol. The van der Waals surface area contributed by atoms with Crippen molar-refractivity contribution in [2.75, 3.05) is 6.54 Å². The minimum Gasteiger partial charge on any atom is -0.293 e. The van der Waals surface area contributed by atoms with E-state index in [9.17, 15) is 13.2 Å². The Morgan fingerprint density at radius 1 is 1.00 bits per heavy atom. The van der Waals surface area contributed by atoms with E-state index in [0.29, 0.717) is 0 Å². The second-order valence-corrected chi connectivity index (χ2v) is 6.21. The Labute approximate surface area is 140 Å². The summed E-state index contributed by atoms with van der Waals surface area (Å²) in [6.45, 7) is 3.92. The number of alkyl halides is 3. The van der Waals surface area contributed by atoms with E-state index in [0.717, 1.165) is 42.8 Å². The zero-order valence-electron chi connectivity index (χ0n) is 13.6. The summed E-state index contributed by atoms with van der Waals surface area (Å²) in [5.41, 5.74) is 2.69. The molecule has 0 bridgehead atoms. The van der Waals surface area contributed by atoms with Crippen molar-refractivity contribution < 1.29 is 13.2 Å². The first kappa shape index (κ1) is 16.8. The van der Waals surface area contributed by atoms with Crippen molar-refractivity contribution in [2.24, 2.45) is 0 Å². The highest BCUT2D eigenvalue weighted by atomic mass is 19.4. The fourth-order valence-electron chi connectivity index (χ4n) is 3.10. The van der Waals surface area contributed by atoms with Crippen LogP contribution in [0.15, 0.2) is 60.7 Å². The molecule has 0 amide bonds. The number of hydrogen-bond donors (Lipinski definition) is 0. The monoisotopic (exact) mass is 331 g/mol. The molecule has 2 aromatic carbocycles. The SMILES string of the molecule is CC1C=C(c2ccc(C(F)(F)F)cc2)CCN1Cc1ccccc1. The number of hydrogen-bond acceptors (Lipinski definition) is 1. The van der Waals surface area contributed by atoms with E-state index >= 15 is 0 Å². The van der Waals surface area contributed by atoms with Crippen LogP contribution < -0.4 is 0 Å². The zero-order chi connectivity index (χ0) is 17.2. The number of nitrogens with zero attached hydrogens (tertiary/aromatic N) is 1. The maximum absolute atomic E-state index is 12.7. The van der Waals surface area contributed by atoms with Gasteiger partial charge in [-0.2, -0.15) is 13.2 Å². The topological polar surface area (TPSA) is 3.24 Å². The lowest BCUT2D eigenvalue weighted by molar-refractivity contribution is -0.137. The van der Waals surface area contributed by atoms with Gasteiger partial charge in [-0.25, -0.2) is 0 Å². The fraction of sp³-hybridized carbons (Fsp3) is 0.300. The minimum absolute atomic E-state index is 0.260. The summed E-state index contributed by atoms with van der Waals surface area (Å²) in [7, 11) is 0. The van der Waals surface area contributed by atoms with Crippen molar-refractivity contribution in [3.8, 4) is 0 Å². The summed E-state index contributed by atoms with van der Waals surface area (Å²) >= 11 is 0. The Balaban J connectivity index is 1.71. The quantitative estimate of drug-likeness (QED) is 0.729. The van der Waals surface area contributed by atoms with E-state index in [1.54, 1.807) is 12.1 Å². The van der Waals surface area contributed by atoms with Crippen LogP contribution in [0.3, 0.4) is 0 Å². The van der Waals surface area contributed by atoms with Crippen LogP contribution in [0.4, 0.5) is 13.2 Å². The maximum atomic E-state index is 12.7. The van der Waals surface area contributed by atoms with E-state index in [1.807, 2.05) is 18.2 Å². The summed E-state index contributed by atoms with van der Waals surface area (Å²) in [5, 5.41) is 0. The Hall–Kier alpha value is -2.07. The van der Waals surface area contributed by atoms with Gasteiger partial charge in [0.1, 0.15) is 0 Å². The van der Waals surface area contributed by atoms with Crippen LogP contribution >= 0.6 is 0 Å². The normalized spacial score (nSPS) is 19.2. The molecule has 0 saturated carbocycles. The third kappa shape index (κ3) is 3.88. The molecule has 0 aliphatic carbocycles. The third-order valence-corrected chi connectivity index (χ3v) is 4.50. The average Bonchev–Trinajstić information content (AvgIpc) is 2.57. The molecule has 1 aliphatic heterocycles. The lowest BCUT2D eigenvalue weighted by Gasteiger charge is -2.32. The highest BCUT2D eigenvalue weighted by Crippen LogP contribution is 2.32. The van der Waals surface area contributed by atoms with Gasteiger partial charge < -0.3 is 0 Å². The third-order valence-electron chi connectivity index (χ3n) is 4.50. The first-order valence-electron chi connectivity index (χ1n) is 8.10. The van der Waals surface area contributed by atoms with Crippen LogP contribution in [-0.2, 0) is 12.7 Å². The Kier molecular flexibility index (Phi) is 4.76. The van der Waals surface area contributed by atoms with Gasteiger partial charge >= 0.3 is 6.18 Å². The standard InChI is InChI=1S/C20H20F3N/c1-15-13-18(17-7-9-19(10-8-17)20(21,22)23)11-12-24(15)14-16-5-3-2-4-6-16/h2-10,13,15H,11-12,14H2,1H3. The predicted molar refractivity (Wildman–Crippen MR) is 90.4 cm³/mol. The molecule has 126 valence electrons. The van der Waals surface area contributed by atoms with Gasteiger partial charge in [0.2, 0.25) is 0 Å². The summed E-state index contributed by atoms with van der Waals surface area (Å²) in [5.74, 6) is 0. The molecule has 1 atom stereocenters. The lowest BCUT2D eigenvalue weighted by Crippen LogP contribution is -2.35. The smallest absolute Gasteiger partial charge is 0.293 e. The van der Waals surface area contributed by atoms with E-state index in [4.69, 9.17) is 0 Å². The van der Waals surface area contributed by atoms with E-state index < -0.39 is 11.7 Å². The summed E-state index contributed by atoms with van der Waals surface area (Å²) in [6.07, 6.45) is -1.27. The zero-order valence-corrected chi connectivity index (χ0v) is 13.6. The highest BCUT2D eigenvalue weighted by Gasteiger charge is 2.30. The average molecular weight is 331 g/mol. The Morgan fingerprint density at radius 3 is 2.25 bits per heavy atom. The highest BCUT2D eigenvalue weighted by molar-refractivity contribution is 5.67. The van der Waals surface area contributed by atoms with Gasteiger partial charge in [0.15, 0.2) is 0 Å². The molecule has 0 spiro atoms. The molecule has 24 heavy (non-hydrogen) atoms. The van der Waals surface area contributed by atoms with Crippen LogP contribution in [0, 0.1) is 0 Å². The van der Waals surface area contributed by atoms with Crippen LogP contribution in [-0.4, -0.2) is 17.5 Å². The molecule has 1 nitrogen and oxygen atoms in total. The number of halogens is 3. The number of rotatable bonds is 3. The molecule has 0 fully saturated rings. The molecule has 0 saturated heterocycles. The van der Waals surface area contributed by atoms with Crippen LogP contribution in [0.5, 0.6) is 0 Å². The van der Waals surface area contributed by atoms with Gasteiger partial charge in [0.25, 0.3) is 0 Å². The van der Waals surface area contributed by atoms with Crippen molar-refractivity contribution in [2.45, 2.75) is 32.1 Å². The summed E-state index contributed by atoms with van der Waals surface area (Å²) in [4.78, 5) is 2.38. The van der Waals surface area contributed by atoms with Crippen molar-refractivity contribution in [3.63, 3.8) is 0 Å². The molecule has 0 aromatic heterocycles. The van der Waals surface area contributed by atoms with Crippen molar-refractivity contribution in [3.05, 3.63) is 77.4 Å². The molecule has 1 heterocycles. The van der Waals surface area contributed by atoms with E-state index in [-0.39, 0.29) is 6.04 Å². The van der Waals surface area contributed by atoms with Crippen LogP contribution in [0.2, 0.25) is 0 Å². The minimum atomic E-state index is -4.28. The van der Waals surface area contributed by atoms with Gasteiger partial charge in [-0.05, 0) is 42.2 Å². The molecule has 1 aliphatic rings. The molecular formula is C20H20F3N. The first-order chi connectivity index (χ1) is 11.4. The van der Waals surface area contributed by atoms with E-state index in [2.05, 4.69) is 30.0 Å². The van der Waals surface area contributed by atoms with Gasteiger partial charge in [-0.1, -0.05) is 48.5 Å². The second-order valence-electron chi connectivity index (χ2n) is 6.21. The first-order valence-corrected chi connectivity index (χ1v) is 8.10. The molecule has 1 unspecified atom stereocenters. The molecule has 3 rings (SSSR count). The lowest BCUT2D eigenvalue weighted by atomic mass is 9.95. The number of benzene rings is 2. The fourth-order valence-corrected chi connectivity index (χ4v) is 3.10. The largest absolute Gasteiger partial charge is 0.416 e. The predicted octanol–water partition coefficient (Wildman–Crippen LogP) is 5.38. The Bertz CT molecular complexity index is 702. The summed E-state index contributed by atoms with van der Waals surface area (Å²) < 4.78 is 38.0. The summed E-state index contributed by atoms with van der Waals surface area (Å²) in [6, 6.07) is 16.0. The van der Waals surface area contributed by atoms with E-state index in [1.165, 1.54) is 5.56 Å². The molecule has 4 heteroatoms. The maximum Gasteiger partial charge on any atom is 0.416 e. The second kappa shape index (κ2) is 6.81. The van der Waals surface area contributed by atoms with Crippen LogP contribution in [0.25, 0.3) is 5.57 Å².